The SMILES string of the molecule is C=CC/C=C(\C)CCC(C)C=C. The average Bonchev–Trinajstić information content (AvgIpc) is 2.10. The molecular formula is C12H20. The molecule has 1 unspecified atom stereocenters. The lowest BCUT2D eigenvalue weighted by Crippen LogP contribution is -1.89. The van der Waals surface area contributed by atoms with Crippen molar-refractivity contribution in [2.75, 3.05) is 0 Å². The zero-order valence-electron chi connectivity index (χ0n) is 8.34. The third-order valence-electron chi connectivity index (χ3n) is 2.03. The summed E-state index contributed by atoms with van der Waals surface area (Å²) in [5.74, 6) is 0.636. The van der Waals surface area contributed by atoms with Crippen LogP contribution in [0.25, 0.3) is 0 Å². The largest absolute Gasteiger partial charge is 0.103 e. The topological polar surface area (TPSA) is 0 Å². The van der Waals surface area contributed by atoms with Crippen LogP contribution in [-0.2, 0) is 0 Å². The van der Waals surface area contributed by atoms with Crippen molar-refractivity contribution >= 4 is 0 Å². The molecule has 12 heavy (non-hydrogen) atoms. The Kier molecular flexibility index (Phi) is 6.45. The van der Waals surface area contributed by atoms with Crippen LogP contribution in [0.15, 0.2) is 37.0 Å². The molecule has 1 atom stereocenters. The van der Waals surface area contributed by atoms with E-state index in [1.165, 1.54) is 18.4 Å². The standard InChI is InChI=1S/C12H20/c1-5-7-8-12(4)10-9-11(3)6-2/h5-6,8,11H,1-2,7,9-10H2,3-4H3/b12-8+. The molecule has 0 nitrogen and oxygen atoms in total. The third kappa shape index (κ3) is 5.96. The van der Waals surface area contributed by atoms with Gasteiger partial charge < -0.3 is 0 Å². The number of hydrogen-bond donors (Lipinski definition) is 0. The second-order valence-electron chi connectivity index (χ2n) is 3.33. The molecule has 0 saturated carbocycles. The molecule has 0 aromatic rings. The van der Waals surface area contributed by atoms with Crippen molar-refractivity contribution < 1.29 is 0 Å². The minimum atomic E-state index is 0.636. The van der Waals surface area contributed by atoms with E-state index in [4.69, 9.17) is 0 Å². The molecule has 0 bridgehead atoms. The van der Waals surface area contributed by atoms with Crippen LogP contribution in [0, 0.1) is 5.92 Å². The Morgan fingerprint density at radius 1 is 1.42 bits per heavy atom. The second kappa shape index (κ2) is 6.90. The monoisotopic (exact) mass is 164 g/mol. The Bertz CT molecular complexity index is 163. The first-order valence-corrected chi connectivity index (χ1v) is 4.59. The van der Waals surface area contributed by atoms with Gasteiger partial charge in [-0.2, -0.15) is 0 Å². The van der Waals surface area contributed by atoms with E-state index < -0.39 is 0 Å². The summed E-state index contributed by atoms with van der Waals surface area (Å²) in [6.07, 6.45) is 9.57. The highest BCUT2D eigenvalue weighted by atomic mass is 14.0. The molecule has 0 heterocycles. The molecule has 0 aliphatic rings. The third-order valence-corrected chi connectivity index (χ3v) is 2.03. The van der Waals surface area contributed by atoms with Crippen molar-refractivity contribution in [3.8, 4) is 0 Å². The number of allylic oxidation sites excluding steroid dienone is 4. The Morgan fingerprint density at radius 3 is 2.58 bits per heavy atom. The van der Waals surface area contributed by atoms with Gasteiger partial charge in [-0.05, 0) is 32.1 Å². The normalized spacial score (nSPS) is 14.0. The quantitative estimate of drug-likeness (QED) is 0.518. The summed E-state index contributed by atoms with van der Waals surface area (Å²) in [5.41, 5.74) is 1.46. The van der Waals surface area contributed by atoms with Crippen LogP contribution in [0.4, 0.5) is 0 Å². The van der Waals surface area contributed by atoms with E-state index in [0.717, 1.165) is 6.42 Å². The zero-order valence-corrected chi connectivity index (χ0v) is 8.34. The molecule has 0 amide bonds. The first kappa shape index (κ1) is 11.2. The molecule has 0 aromatic heterocycles. The van der Waals surface area contributed by atoms with Crippen LogP contribution in [0.2, 0.25) is 0 Å². The smallest absolute Gasteiger partial charge is 0.0169 e. The van der Waals surface area contributed by atoms with Gasteiger partial charge >= 0.3 is 0 Å². The van der Waals surface area contributed by atoms with Crippen molar-refractivity contribution in [1.82, 2.24) is 0 Å². The summed E-state index contributed by atoms with van der Waals surface area (Å²) in [6.45, 7) is 11.8. The first-order valence-electron chi connectivity index (χ1n) is 4.59. The zero-order chi connectivity index (χ0) is 9.40. The summed E-state index contributed by atoms with van der Waals surface area (Å²) < 4.78 is 0. The molecule has 68 valence electrons. The molecule has 0 N–H and O–H groups in total. The van der Waals surface area contributed by atoms with Gasteiger partial charge in [0.15, 0.2) is 0 Å². The Balaban J connectivity index is 3.61. The first-order chi connectivity index (χ1) is 5.70. The Labute approximate surface area is 76.7 Å². The van der Waals surface area contributed by atoms with Crippen LogP contribution < -0.4 is 0 Å². The van der Waals surface area contributed by atoms with E-state index in [2.05, 4.69) is 33.1 Å². The van der Waals surface area contributed by atoms with Gasteiger partial charge in [0.1, 0.15) is 0 Å². The highest BCUT2D eigenvalue weighted by molar-refractivity contribution is 5.01. The van der Waals surface area contributed by atoms with E-state index >= 15 is 0 Å². The molecule has 0 fully saturated rings. The fourth-order valence-electron chi connectivity index (χ4n) is 0.960. The molecule has 0 rings (SSSR count). The molecule has 0 heteroatoms. The average molecular weight is 164 g/mol. The summed E-state index contributed by atoms with van der Waals surface area (Å²) in [6, 6.07) is 0. The molecule has 0 spiro atoms. The maximum absolute atomic E-state index is 3.77. The van der Waals surface area contributed by atoms with Crippen molar-refractivity contribution in [3.05, 3.63) is 37.0 Å². The van der Waals surface area contributed by atoms with Crippen molar-refractivity contribution in [1.29, 1.82) is 0 Å². The van der Waals surface area contributed by atoms with Crippen LogP contribution in [0.5, 0.6) is 0 Å². The van der Waals surface area contributed by atoms with Crippen LogP contribution in [0.3, 0.4) is 0 Å². The molecule has 0 aliphatic heterocycles. The van der Waals surface area contributed by atoms with Gasteiger partial charge in [-0.1, -0.05) is 30.7 Å². The molecule has 0 radical (unpaired) electrons. The van der Waals surface area contributed by atoms with Gasteiger partial charge in [-0.25, -0.2) is 0 Å². The van der Waals surface area contributed by atoms with E-state index in [1.54, 1.807) is 0 Å². The summed E-state index contributed by atoms with van der Waals surface area (Å²) in [5, 5.41) is 0. The van der Waals surface area contributed by atoms with Gasteiger partial charge in [0.25, 0.3) is 0 Å². The van der Waals surface area contributed by atoms with Crippen molar-refractivity contribution in [2.24, 2.45) is 5.92 Å². The Morgan fingerprint density at radius 2 is 2.08 bits per heavy atom. The molecule has 0 saturated heterocycles. The molecular weight excluding hydrogens is 144 g/mol. The predicted octanol–water partition coefficient (Wildman–Crippen LogP) is 4.11. The minimum Gasteiger partial charge on any atom is -0.103 e. The van der Waals surface area contributed by atoms with Crippen LogP contribution in [-0.4, -0.2) is 0 Å². The van der Waals surface area contributed by atoms with Crippen LogP contribution >= 0.6 is 0 Å². The van der Waals surface area contributed by atoms with Gasteiger partial charge in [-0.3, -0.25) is 0 Å². The summed E-state index contributed by atoms with van der Waals surface area (Å²) in [4.78, 5) is 0. The maximum atomic E-state index is 3.77. The van der Waals surface area contributed by atoms with E-state index in [1.807, 2.05) is 12.2 Å². The lowest BCUT2D eigenvalue weighted by atomic mass is 10.0. The lowest BCUT2D eigenvalue weighted by Gasteiger charge is -2.04. The number of rotatable bonds is 6. The van der Waals surface area contributed by atoms with Gasteiger partial charge in [0.2, 0.25) is 0 Å². The van der Waals surface area contributed by atoms with Gasteiger partial charge in [0, 0.05) is 0 Å². The second-order valence-corrected chi connectivity index (χ2v) is 3.33. The van der Waals surface area contributed by atoms with Gasteiger partial charge in [-0.15, -0.1) is 13.2 Å². The summed E-state index contributed by atoms with van der Waals surface area (Å²) >= 11 is 0. The lowest BCUT2D eigenvalue weighted by molar-refractivity contribution is 0.645. The predicted molar refractivity (Wildman–Crippen MR) is 57.2 cm³/mol. The highest BCUT2D eigenvalue weighted by Crippen LogP contribution is 2.12. The van der Waals surface area contributed by atoms with Crippen molar-refractivity contribution in [2.45, 2.75) is 33.1 Å². The van der Waals surface area contributed by atoms with E-state index in [9.17, 15) is 0 Å². The fourth-order valence-corrected chi connectivity index (χ4v) is 0.960. The fraction of sp³-hybridized carbons (Fsp3) is 0.500. The van der Waals surface area contributed by atoms with E-state index in [0.29, 0.717) is 5.92 Å². The summed E-state index contributed by atoms with van der Waals surface area (Å²) in [7, 11) is 0. The Hall–Kier alpha value is -0.780. The van der Waals surface area contributed by atoms with Crippen LogP contribution in [0.1, 0.15) is 33.1 Å². The molecule has 0 aromatic carbocycles. The maximum Gasteiger partial charge on any atom is -0.0169 e. The van der Waals surface area contributed by atoms with Gasteiger partial charge in [0.05, 0.1) is 0 Å². The number of hydrogen-bond acceptors (Lipinski definition) is 0. The van der Waals surface area contributed by atoms with Crippen molar-refractivity contribution in [3.63, 3.8) is 0 Å². The minimum absolute atomic E-state index is 0.636. The molecule has 0 aliphatic carbocycles. The highest BCUT2D eigenvalue weighted by Gasteiger charge is 1.95. The van der Waals surface area contributed by atoms with E-state index in [-0.39, 0.29) is 0 Å².